The SMILES string of the molecule is CC(C)(C)CC(C)(O)c1ccc(C(F)(F)F)cc1. The molecule has 0 saturated carbocycles. The van der Waals surface area contributed by atoms with Gasteiger partial charge in [0.05, 0.1) is 11.2 Å². The van der Waals surface area contributed by atoms with Gasteiger partial charge in [0.1, 0.15) is 0 Å². The molecule has 1 nitrogen and oxygen atoms in total. The van der Waals surface area contributed by atoms with Gasteiger partial charge in [-0.15, -0.1) is 0 Å². The molecule has 1 aromatic carbocycles. The molecular formula is C14H19F3O. The maximum Gasteiger partial charge on any atom is 0.416 e. The lowest BCUT2D eigenvalue weighted by molar-refractivity contribution is -0.137. The maximum atomic E-state index is 12.4. The van der Waals surface area contributed by atoms with Crippen LogP contribution in [0.25, 0.3) is 0 Å². The smallest absolute Gasteiger partial charge is 0.385 e. The first-order valence-electron chi connectivity index (χ1n) is 5.82. The molecule has 1 rings (SSSR count). The molecule has 102 valence electrons. The zero-order valence-electron chi connectivity index (χ0n) is 11.1. The molecule has 0 aliphatic carbocycles. The number of hydrogen-bond acceptors (Lipinski definition) is 1. The third-order valence-corrected chi connectivity index (χ3v) is 2.71. The average molecular weight is 260 g/mol. The predicted octanol–water partition coefficient (Wildman–Crippen LogP) is 4.35. The fourth-order valence-electron chi connectivity index (χ4n) is 2.15. The number of benzene rings is 1. The highest BCUT2D eigenvalue weighted by molar-refractivity contribution is 5.28. The van der Waals surface area contributed by atoms with E-state index in [1.165, 1.54) is 12.1 Å². The Kier molecular flexibility index (Phi) is 3.82. The highest BCUT2D eigenvalue weighted by Crippen LogP contribution is 2.36. The van der Waals surface area contributed by atoms with Crippen molar-refractivity contribution >= 4 is 0 Å². The van der Waals surface area contributed by atoms with E-state index < -0.39 is 17.3 Å². The summed E-state index contributed by atoms with van der Waals surface area (Å²) in [7, 11) is 0. The van der Waals surface area contributed by atoms with Gasteiger partial charge in [-0.25, -0.2) is 0 Å². The first-order chi connectivity index (χ1) is 7.92. The molecule has 0 aliphatic heterocycles. The van der Waals surface area contributed by atoms with Gasteiger partial charge >= 0.3 is 6.18 Å². The molecule has 4 heteroatoms. The summed E-state index contributed by atoms with van der Waals surface area (Å²) >= 11 is 0. The molecule has 1 N–H and O–H groups in total. The van der Waals surface area contributed by atoms with Crippen LogP contribution in [-0.2, 0) is 11.8 Å². The largest absolute Gasteiger partial charge is 0.416 e. The lowest BCUT2D eigenvalue weighted by Crippen LogP contribution is -2.27. The zero-order valence-corrected chi connectivity index (χ0v) is 11.1. The lowest BCUT2D eigenvalue weighted by Gasteiger charge is -2.31. The Morgan fingerprint density at radius 1 is 0.889 bits per heavy atom. The molecule has 0 aromatic heterocycles. The first-order valence-corrected chi connectivity index (χ1v) is 5.82. The van der Waals surface area contributed by atoms with Gasteiger partial charge in [0, 0.05) is 0 Å². The van der Waals surface area contributed by atoms with Gasteiger partial charge < -0.3 is 5.11 Å². The quantitative estimate of drug-likeness (QED) is 0.838. The van der Waals surface area contributed by atoms with Crippen LogP contribution in [0, 0.1) is 5.41 Å². The van der Waals surface area contributed by atoms with Crippen molar-refractivity contribution in [3.63, 3.8) is 0 Å². The fourth-order valence-corrected chi connectivity index (χ4v) is 2.15. The van der Waals surface area contributed by atoms with E-state index in [1.54, 1.807) is 6.92 Å². The van der Waals surface area contributed by atoms with Gasteiger partial charge in [0.2, 0.25) is 0 Å². The summed E-state index contributed by atoms with van der Waals surface area (Å²) in [6.45, 7) is 7.56. The van der Waals surface area contributed by atoms with E-state index in [-0.39, 0.29) is 5.41 Å². The van der Waals surface area contributed by atoms with Crippen LogP contribution in [-0.4, -0.2) is 5.11 Å². The van der Waals surface area contributed by atoms with E-state index in [2.05, 4.69) is 0 Å². The van der Waals surface area contributed by atoms with Crippen molar-refractivity contribution < 1.29 is 18.3 Å². The molecule has 18 heavy (non-hydrogen) atoms. The minimum absolute atomic E-state index is 0.105. The van der Waals surface area contributed by atoms with Crippen molar-refractivity contribution in [3.8, 4) is 0 Å². The molecule has 0 saturated heterocycles. The second-order valence-electron chi connectivity index (χ2n) is 6.09. The molecule has 1 unspecified atom stereocenters. The average Bonchev–Trinajstić information content (AvgIpc) is 2.13. The van der Waals surface area contributed by atoms with Crippen molar-refractivity contribution in [1.82, 2.24) is 0 Å². The highest BCUT2D eigenvalue weighted by atomic mass is 19.4. The lowest BCUT2D eigenvalue weighted by atomic mass is 9.79. The Balaban J connectivity index is 2.98. The van der Waals surface area contributed by atoms with Crippen molar-refractivity contribution in [3.05, 3.63) is 35.4 Å². The van der Waals surface area contributed by atoms with Gasteiger partial charge in [-0.2, -0.15) is 13.2 Å². The summed E-state index contributed by atoms with van der Waals surface area (Å²) in [5.41, 5.74) is -1.42. The van der Waals surface area contributed by atoms with Crippen molar-refractivity contribution in [1.29, 1.82) is 0 Å². The second kappa shape index (κ2) is 4.57. The maximum absolute atomic E-state index is 12.4. The van der Waals surface area contributed by atoms with Gasteiger partial charge in [-0.05, 0) is 36.5 Å². The number of rotatable bonds is 2. The summed E-state index contributed by atoms with van der Waals surface area (Å²) < 4.78 is 37.3. The van der Waals surface area contributed by atoms with Crippen molar-refractivity contribution in [2.24, 2.45) is 5.41 Å². The van der Waals surface area contributed by atoms with Crippen LogP contribution in [0.3, 0.4) is 0 Å². The summed E-state index contributed by atoms with van der Waals surface area (Å²) in [5.74, 6) is 0. The van der Waals surface area contributed by atoms with E-state index in [0.29, 0.717) is 12.0 Å². The molecular weight excluding hydrogens is 241 g/mol. The summed E-state index contributed by atoms with van der Waals surface area (Å²) in [4.78, 5) is 0. The molecule has 0 spiro atoms. The predicted molar refractivity (Wildman–Crippen MR) is 65.1 cm³/mol. The second-order valence-corrected chi connectivity index (χ2v) is 6.09. The van der Waals surface area contributed by atoms with Gasteiger partial charge in [0.15, 0.2) is 0 Å². The monoisotopic (exact) mass is 260 g/mol. The minimum atomic E-state index is -4.34. The van der Waals surface area contributed by atoms with Crippen LogP contribution >= 0.6 is 0 Å². The molecule has 0 aliphatic rings. The van der Waals surface area contributed by atoms with E-state index in [0.717, 1.165) is 12.1 Å². The molecule has 0 fully saturated rings. The Bertz CT molecular complexity index is 397. The van der Waals surface area contributed by atoms with Crippen LogP contribution in [0.5, 0.6) is 0 Å². The number of hydrogen-bond donors (Lipinski definition) is 1. The third kappa shape index (κ3) is 4.02. The zero-order chi connectivity index (χ0) is 14.2. The Labute approximate surface area is 106 Å². The Morgan fingerprint density at radius 3 is 1.61 bits per heavy atom. The topological polar surface area (TPSA) is 20.2 Å². The minimum Gasteiger partial charge on any atom is -0.385 e. The summed E-state index contributed by atoms with van der Waals surface area (Å²) in [6.07, 6.45) is -3.86. The fraction of sp³-hybridized carbons (Fsp3) is 0.571. The summed E-state index contributed by atoms with van der Waals surface area (Å²) in [6, 6.07) is 4.70. The van der Waals surface area contributed by atoms with Gasteiger partial charge in [-0.3, -0.25) is 0 Å². The molecule has 0 amide bonds. The van der Waals surface area contributed by atoms with Crippen molar-refractivity contribution in [2.45, 2.75) is 45.9 Å². The highest BCUT2D eigenvalue weighted by Gasteiger charge is 2.32. The van der Waals surface area contributed by atoms with E-state index in [1.807, 2.05) is 20.8 Å². The summed E-state index contributed by atoms with van der Waals surface area (Å²) in [5, 5.41) is 10.3. The van der Waals surface area contributed by atoms with Crippen LogP contribution < -0.4 is 0 Å². The van der Waals surface area contributed by atoms with Crippen LogP contribution in [0.15, 0.2) is 24.3 Å². The van der Waals surface area contributed by atoms with Crippen LogP contribution in [0.1, 0.15) is 45.2 Å². The number of aliphatic hydroxyl groups is 1. The van der Waals surface area contributed by atoms with E-state index in [9.17, 15) is 18.3 Å². The van der Waals surface area contributed by atoms with Crippen molar-refractivity contribution in [2.75, 3.05) is 0 Å². The van der Waals surface area contributed by atoms with Gasteiger partial charge in [0.25, 0.3) is 0 Å². The number of halogens is 3. The molecule has 0 heterocycles. The molecule has 0 bridgehead atoms. The standard InChI is InChI=1S/C14H19F3O/c1-12(2,3)9-13(4,18)10-5-7-11(8-6-10)14(15,16)17/h5-8,18H,9H2,1-4H3. The first kappa shape index (κ1) is 15.0. The molecule has 0 radical (unpaired) electrons. The number of alkyl halides is 3. The normalized spacial score (nSPS) is 16.4. The van der Waals surface area contributed by atoms with E-state index in [4.69, 9.17) is 0 Å². The molecule has 1 aromatic rings. The van der Waals surface area contributed by atoms with E-state index >= 15 is 0 Å². The Morgan fingerprint density at radius 2 is 1.28 bits per heavy atom. The van der Waals surface area contributed by atoms with Gasteiger partial charge in [-0.1, -0.05) is 32.9 Å². The third-order valence-electron chi connectivity index (χ3n) is 2.71. The van der Waals surface area contributed by atoms with Crippen LogP contribution in [0.4, 0.5) is 13.2 Å². The van der Waals surface area contributed by atoms with Crippen LogP contribution in [0.2, 0.25) is 0 Å². The Hall–Kier alpha value is -1.03. The molecule has 1 atom stereocenters.